The normalized spacial score (nSPS) is 19.4. The minimum absolute atomic E-state index is 0.154. The van der Waals surface area contributed by atoms with Crippen LogP contribution >= 0.6 is 0 Å². The Kier molecular flexibility index (Phi) is 4.63. The zero-order valence-electron chi connectivity index (χ0n) is 17.2. The van der Waals surface area contributed by atoms with E-state index < -0.39 is 0 Å². The molecule has 0 N–H and O–H groups in total. The van der Waals surface area contributed by atoms with E-state index in [0.29, 0.717) is 5.95 Å². The van der Waals surface area contributed by atoms with Crippen molar-refractivity contribution in [3.63, 3.8) is 0 Å². The summed E-state index contributed by atoms with van der Waals surface area (Å²) in [6.07, 6.45) is 9.36. The number of hydrogen-bond donors (Lipinski definition) is 0. The molecule has 1 fully saturated rings. The topological polar surface area (TPSA) is 81.9 Å². The number of hydrogen-bond acceptors (Lipinski definition) is 7. The number of aryl methyl sites for hydroxylation is 1. The highest BCUT2D eigenvalue weighted by Gasteiger charge is 2.24. The highest BCUT2D eigenvalue weighted by Crippen LogP contribution is 2.27. The number of anilines is 1. The van der Waals surface area contributed by atoms with E-state index in [-0.39, 0.29) is 12.2 Å². The monoisotopic (exact) mass is 401 g/mol. The van der Waals surface area contributed by atoms with Crippen molar-refractivity contribution in [1.29, 1.82) is 0 Å². The Morgan fingerprint density at radius 2 is 1.70 bits per heavy atom. The van der Waals surface area contributed by atoms with Crippen LogP contribution < -0.4 is 4.90 Å². The molecule has 30 heavy (non-hydrogen) atoms. The first-order valence-electron chi connectivity index (χ1n) is 10.1. The Hall–Kier alpha value is -3.39. The molecule has 4 aromatic rings. The molecule has 152 valence electrons. The van der Waals surface area contributed by atoms with E-state index in [1.807, 2.05) is 48.3 Å². The number of ether oxygens (including phenoxy) is 1. The van der Waals surface area contributed by atoms with E-state index in [1.165, 1.54) is 0 Å². The molecule has 1 aliphatic heterocycles. The Morgan fingerprint density at radius 1 is 0.933 bits per heavy atom. The molecule has 1 saturated heterocycles. The van der Waals surface area contributed by atoms with Crippen LogP contribution in [0.25, 0.3) is 28.2 Å². The minimum atomic E-state index is 0.154. The van der Waals surface area contributed by atoms with Gasteiger partial charge in [0, 0.05) is 37.9 Å². The Morgan fingerprint density at radius 3 is 2.40 bits per heavy atom. The van der Waals surface area contributed by atoms with Crippen molar-refractivity contribution in [3.05, 3.63) is 54.7 Å². The van der Waals surface area contributed by atoms with Crippen LogP contribution in [0.3, 0.4) is 0 Å². The lowest BCUT2D eigenvalue weighted by molar-refractivity contribution is -0.00571. The Bertz CT molecular complexity index is 1160. The van der Waals surface area contributed by atoms with Gasteiger partial charge in [0.2, 0.25) is 5.95 Å². The molecule has 5 rings (SSSR count). The largest absolute Gasteiger partial charge is 0.372 e. The molecule has 8 heteroatoms. The maximum Gasteiger partial charge on any atom is 0.225 e. The molecule has 0 amide bonds. The van der Waals surface area contributed by atoms with Crippen LogP contribution in [0.15, 0.2) is 49.2 Å². The van der Waals surface area contributed by atoms with E-state index in [9.17, 15) is 0 Å². The smallest absolute Gasteiger partial charge is 0.225 e. The van der Waals surface area contributed by atoms with E-state index in [0.717, 1.165) is 46.9 Å². The molecular formula is C22H23N7O. The highest BCUT2D eigenvalue weighted by atomic mass is 16.5. The standard InChI is InChI=1S/C22H23N7O/c1-14-4-5-20(24-8-14)29-19-11-23-7-6-18(19)27-21(29)17-9-25-22(26-10-17)28-12-15(2)30-16(3)13-28/h4-11,15-16H,12-13H2,1-3H3. The van der Waals surface area contributed by atoms with Crippen LogP contribution in [0.5, 0.6) is 0 Å². The first-order valence-corrected chi connectivity index (χ1v) is 10.1. The second-order valence-electron chi connectivity index (χ2n) is 7.76. The SMILES string of the molecule is Cc1ccc(-n2c(-c3cnc(N4CC(C)OC(C)C4)nc3)nc3ccncc32)nc1. The zero-order valence-corrected chi connectivity index (χ0v) is 17.2. The predicted octanol–water partition coefficient (Wildman–Crippen LogP) is 3.19. The molecule has 4 aromatic heterocycles. The number of morpholine rings is 1. The summed E-state index contributed by atoms with van der Waals surface area (Å²) in [5.41, 5.74) is 3.67. The van der Waals surface area contributed by atoms with E-state index in [4.69, 9.17) is 9.72 Å². The van der Waals surface area contributed by atoms with Gasteiger partial charge in [-0.2, -0.15) is 0 Å². The Balaban J connectivity index is 1.56. The maximum absolute atomic E-state index is 5.81. The molecule has 0 radical (unpaired) electrons. The summed E-state index contributed by atoms with van der Waals surface area (Å²) in [6.45, 7) is 7.72. The van der Waals surface area contributed by atoms with E-state index in [2.05, 4.69) is 38.7 Å². The van der Waals surface area contributed by atoms with Crippen molar-refractivity contribution >= 4 is 17.0 Å². The average molecular weight is 401 g/mol. The molecule has 0 aromatic carbocycles. The number of aromatic nitrogens is 6. The molecule has 0 spiro atoms. The number of pyridine rings is 2. The molecule has 0 bridgehead atoms. The van der Waals surface area contributed by atoms with Gasteiger partial charge < -0.3 is 9.64 Å². The van der Waals surface area contributed by atoms with Crippen molar-refractivity contribution < 1.29 is 4.74 Å². The second-order valence-corrected chi connectivity index (χ2v) is 7.76. The lowest BCUT2D eigenvalue weighted by Crippen LogP contribution is -2.46. The quantitative estimate of drug-likeness (QED) is 0.521. The third-order valence-corrected chi connectivity index (χ3v) is 5.18. The second kappa shape index (κ2) is 7.46. The molecule has 1 aliphatic rings. The summed E-state index contributed by atoms with van der Waals surface area (Å²) in [6, 6.07) is 5.92. The summed E-state index contributed by atoms with van der Waals surface area (Å²) >= 11 is 0. The van der Waals surface area contributed by atoms with Crippen LogP contribution in [-0.2, 0) is 4.74 Å². The third-order valence-electron chi connectivity index (χ3n) is 5.18. The van der Waals surface area contributed by atoms with Gasteiger partial charge in [-0.1, -0.05) is 6.07 Å². The molecule has 0 aliphatic carbocycles. The van der Waals surface area contributed by atoms with Gasteiger partial charge in [0.15, 0.2) is 0 Å². The van der Waals surface area contributed by atoms with Crippen LogP contribution in [0.2, 0.25) is 0 Å². The molecule has 2 atom stereocenters. The summed E-state index contributed by atoms with van der Waals surface area (Å²) < 4.78 is 7.81. The first kappa shape index (κ1) is 18.6. The average Bonchev–Trinajstić information content (AvgIpc) is 3.13. The van der Waals surface area contributed by atoms with Gasteiger partial charge in [0.1, 0.15) is 11.6 Å². The lowest BCUT2D eigenvalue weighted by Gasteiger charge is -2.35. The van der Waals surface area contributed by atoms with Crippen molar-refractivity contribution in [2.45, 2.75) is 33.0 Å². The van der Waals surface area contributed by atoms with Gasteiger partial charge in [0.05, 0.1) is 35.0 Å². The van der Waals surface area contributed by atoms with Crippen LogP contribution in [-0.4, -0.2) is 54.8 Å². The molecular weight excluding hydrogens is 378 g/mol. The maximum atomic E-state index is 5.81. The van der Waals surface area contributed by atoms with Crippen molar-refractivity contribution in [2.75, 3.05) is 18.0 Å². The number of fused-ring (bicyclic) bond motifs is 1. The number of imidazole rings is 1. The summed E-state index contributed by atoms with van der Waals surface area (Å²) in [5, 5.41) is 0. The van der Waals surface area contributed by atoms with Gasteiger partial charge in [-0.05, 0) is 38.5 Å². The van der Waals surface area contributed by atoms with E-state index >= 15 is 0 Å². The molecule has 2 unspecified atom stereocenters. The summed E-state index contributed by atoms with van der Waals surface area (Å²) in [5.74, 6) is 2.23. The summed E-state index contributed by atoms with van der Waals surface area (Å²) in [7, 11) is 0. The first-order chi connectivity index (χ1) is 14.6. The van der Waals surface area contributed by atoms with Crippen molar-refractivity contribution in [2.24, 2.45) is 0 Å². The highest BCUT2D eigenvalue weighted by molar-refractivity contribution is 5.81. The van der Waals surface area contributed by atoms with Gasteiger partial charge in [-0.3, -0.25) is 9.55 Å². The predicted molar refractivity (Wildman–Crippen MR) is 115 cm³/mol. The number of nitrogens with zero attached hydrogens (tertiary/aromatic N) is 7. The summed E-state index contributed by atoms with van der Waals surface area (Å²) in [4.78, 5) is 25.1. The van der Waals surface area contributed by atoms with Crippen LogP contribution in [0.4, 0.5) is 5.95 Å². The molecule has 5 heterocycles. The Labute approximate surface area is 174 Å². The van der Waals surface area contributed by atoms with Crippen molar-refractivity contribution in [1.82, 2.24) is 29.5 Å². The molecule has 0 saturated carbocycles. The fraction of sp³-hybridized carbons (Fsp3) is 0.318. The fourth-order valence-corrected chi connectivity index (χ4v) is 3.88. The minimum Gasteiger partial charge on any atom is -0.372 e. The van der Waals surface area contributed by atoms with Gasteiger partial charge >= 0.3 is 0 Å². The fourth-order valence-electron chi connectivity index (χ4n) is 3.88. The van der Waals surface area contributed by atoms with Crippen LogP contribution in [0.1, 0.15) is 19.4 Å². The number of rotatable bonds is 3. The van der Waals surface area contributed by atoms with Gasteiger partial charge in [-0.15, -0.1) is 0 Å². The third kappa shape index (κ3) is 3.39. The van der Waals surface area contributed by atoms with E-state index in [1.54, 1.807) is 12.4 Å². The lowest BCUT2D eigenvalue weighted by atomic mass is 10.2. The van der Waals surface area contributed by atoms with Gasteiger partial charge in [-0.25, -0.2) is 19.9 Å². The van der Waals surface area contributed by atoms with Gasteiger partial charge in [0.25, 0.3) is 0 Å². The van der Waals surface area contributed by atoms with Crippen LogP contribution in [0, 0.1) is 6.92 Å². The zero-order chi connectivity index (χ0) is 20.7. The molecule has 8 nitrogen and oxygen atoms in total. The van der Waals surface area contributed by atoms with Crippen molar-refractivity contribution in [3.8, 4) is 17.2 Å².